The Bertz CT molecular complexity index is 1490. The molecule has 38 heavy (non-hydrogen) atoms. The van der Waals surface area contributed by atoms with Gasteiger partial charge in [0.2, 0.25) is 0 Å². The normalized spacial score (nSPS) is 12.0. The number of nitrogens with zero attached hydrogens (tertiary/aromatic N) is 2. The number of aliphatic imine (C=N–C) groups is 1. The molecule has 0 fully saturated rings. The van der Waals surface area contributed by atoms with Gasteiger partial charge in [-0.3, -0.25) is 9.79 Å². The fraction of sp³-hybridized carbons (Fsp3) is 0.233. The molecule has 0 atom stereocenters. The van der Waals surface area contributed by atoms with Gasteiger partial charge in [-0.05, 0) is 80.9 Å². The molecule has 1 heterocycles. The first kappa shape index (κ1) is 29.0. The molecule has 0 radical (unpaired) electrons. The van der Waals surface area contributed by atoms with Crippen molar-refractivity contribution in [2.75, 3.05) is 7.05 Å². The van der Waals surface area contributed by atoms with Crippen molar-refractivity contribution in [1.29, 1.82) is 0 Å². The van der Waals surface area contributed by atoms with Crippen LogP contribution in [0.5, 0.6) is 0 Å². The van der Waals surface area contributed by atoms with Crippen LogP contribution in [0.15, 0.2) is 71.9 Å². The first-order valence-corrected chi connectivity index (χ1v) is 13.2. The summed E-state index contributed by atoms with van der Waals surface area (Å²) in [5.41, 5.74) is 12.1. The van der Waals surface area contributed by atoms with Crippen molar-refractivity contribution in [2.45, 2.75) is 39.7 Å². The van der Waals surface area contributed by atoms with Crippen LogP contribution in [0, 0.1) is 6.92 Å². The van der Waals surface area contributed by atoms with Crippen molar-refractivity contribution in [3.8, 4) is 21.7 Å². The van der Waals surface area contributed by atoms with Crippen LogP contribution in [0.1, 0.15) is 37.5 Å². The average Bonchev–Trinajstić information content (AvgIpc) is 3.26. The van der Waals surface area contributed by atoms with E-state index in [1.807, 2.05) is 61.5 Å². The Morgan fingerprint density at radius 2 is 1.79 bits per heavy atom. The zero-order valence-corrected chi connectivity index (χ0v) is 23.7. The first-order valence-electron chi connectivity index (χ1n) is 12.0. The fourth-order valence-corrected chi connectivity index (χ4v) is 5.12. The van der Waals surface area contributed by atoms with E-state index in [4.69, 9.17) is 27.4 Å². The number of aliphatic carboxylic acids is 1. The van der Waals surface area contributed by atoms with E-state index >= 15 is 0 Å². The predicted molar refractivity (Wildman–Crippen MR) is 159 cm³/mol. The van der Waals surface area contributed by atoms with E-state index in [0.717, 1.165) is 54.3 Å². The minimum atomic E-state index is -0.871. The summed E-state index contributed by atoms with van der Waals surface area (Å²) in [7, 11) is 1.73. The molecule has 198 valence electrons. The summed E-state index contributed by atoms with van der Waals surface area (Å²) in [6.45, 7) is 7.16. The lowest BCUT2D eigenvalue weighted by Gasteiger charge is -2.13. The molecule has 0 aliphatic heterocycles. The molecule has 6 nitrogen and oxygen atoms in total. The largest absolute Gasteiger partial charge is 0.481 e. The van der Waals surface area contributed by atoms with E-state index in [-0.39, 0.29) is 6.42 Å². The van der Waals surface area contributed by atoms with Crippen LogP contribution >= 0.6 is 22.9 Å². The first-order chi connectivity index (χ1) is 17.9. The molecule has 0 unspecified atom stereocenters. The minimum Gasteiger partial charge on any atom is -0.481 e. The highest BCUT2D eigenvalue weighted by Gasteiger charge is 2.19. The van der Waals surface area contributed by atoms with Crippen molar-refractivity contribution >= 4 is 44.8 Å². The van der Waals surface area contributed by atoms with Gasteiger partial charge >= 0.3 is 5.97 Å². The number of rotatable bonds is 6. The van der Waals surface area contributed by atoms with Crippen molar-refractivity contribution in [1.82, 2.24) is 4.98 Å². The van der Waals surface area contributed by atoms with Crippen LogP contribution < -0.4 is 5.73 Å². The van der Waals surface area contributed by atoms with Crippen LogP contribution in [0.4, 0.5) is 0 Å². The quantitative estimate of drug-likeness (QED) is 0.227. The van der Waals surface area contributed by atoms with Gasteiger partial charge in [0.05, 0.1) is 28.0 Å². The number of carboxylic acid groups (broad SMARTS) is 1. The second-order valence-corrected chi connectivity index (χ2v) is 11.1. The number of hydrogen-bond acceptors (Lipinski definition) is 6. The lowest BCUT2D eigenvalue weighted by atomic mass is 9.93. The number of carbonyl (C=O) groups is 1. The SMILES string of the molecule is CC(C)(C)O.CN=C(/C=C\N)c1cccc(-c2nc3cc(C)c(CC(=O)O)c(-c4ccc(Cl)cc4)c3s2)c1. The Kier molecular flexibility index (Phi) is 9.44. The van der Waals surface area contributed by atoms with Crippen LogP contribution in [-0.4, -0.2) is 39.5 Å². The predicted octanol–water partition coefficient (Wildman–Crippen LogP) is 6.89. The number of allylic oxidation sites excluding steroid dienone is 1. The molecule has 0 saturated carbocycles. The summed E-state index contributed by atoms with van der Waals surface area (Å²) in [6, 6.07) is 17.4. The summed E-state index contributed by atoms with van der Waals surface area (Å²) in [5, 5.41) is 19.6. The molecule has 0 bridgehead atoms. The van der Waals surface area contributed by atoms with Crippen molar-refractivity contribution in [3.63, 3.8) is 0 Å². The summed E-state index contributed by atoms with van der Waals surface area (Å²) < 4.78 is 0.950. The number of thiazole rings is 1. The highest BCUT2D eigenvalue weighted by molar-refractivity contribution is 7.22. The molecule has 0 aliphatic rings. The molecule has 0 saturated heterocycles. The van der Waals surface area contributed by atoms with Gasteiger partial charge in [-0.15, -0.1) is 11.3 Å². The average molecular weight is 550 g/mol. The number of benzene rings is 3. The second kappa shape index (κ2) is 12.3. The zero-order valence-electron chi connectivity index (χ0n) is 22.1. The molecule has 0 amide bonds. The molecular formula is C30H32ClN3O3S. The molecule has 8 heteroatoms. The molecule has 1 aromatic heterocycles. The van der Waals surface area contributed by atoms with Crippen molar-refractivity contribution in [3.05, 3.63) is 88.6 Å². The Morgan fingerprint density at radius 1 is 1.13 bits per heavy atom. The van der Waals surface area contributed by atoms with E-state index < -0.39 is 11.6 Å². The number of nitrogens with two attached hydrogens (primary N) is 1. The topological polar surface area (TPSA) is 109 Å². The highest BCUT2D eigenvalue weighted by atomic mass is 35.5. The number of aromatic nitrogens is 1. The van der Waals surface area contributed by atoms with Gasteiger partial charge in [0.1, 0.15) is 5.01 Å². The lowest BCUT2D eigenvalue weighted by molar-refractivity contribution is -0.136. The Balaban J connectivity index is 0.000000732. The minimum absolute atomic E-state index is 0.0653. The zero-order chi connectivity index (χ0) is 28.0. The van der Waals surface area contributed by atoms with E-state index in [0.29, 0.717) is 5.02 Å². The van der Waals surface area contributed by atoms with Crippen molar-refractivity contribution in [2.24, 2.45) is 10.7 Å². The smallest absolute Gasteiger partial charge is 0.307 e. The molecule has 0 aliphatic carbocycles. The molecule has 4 N–H and O–H groups in total. The van der Waals surface area contributed by atoms with Crippen LogP contribution in [-0.2, 0) is 11.2 Å². The number of carboxylic acids is 1. The van der Waals surface area contributed by atoms with Gasteiger partial charge in [-0.2, -0.15) is 0 Å². The maximum atomic E-state index is 11.6. The third kappa shape index (κ3) is 7.51. The number of aliphatic hydroxyl groups is 1. The molecule has 4 aromatic rings. The van der Waals surface area contributed by atoms with Crippen LogP contribution in [0.2, 0.25) is 5.02 Å². The van der Waals surface area contributed by atoms with E-state index in [9.17, 15) is 9.90 Å². The van der Waals surface area contributed by atoms with Gasteiger partial charge in [-0.1, -0.05) is 41.9 Å². The van der Waals surface area contributed by atoms with Gasteiger partial charge < -0.3 is 15.9 Å². The standard InChI is InChI=1S/C26H22ClN3O2S.C4H10O/c1-15-12-22-25(24(20(15)14-23(31)32)16-6-8-19(27)9-7-16)33-26(30-22)18-5-3-4-17(13-18)21(29-2)10-11-28;1-4(2,3)5/h3-13H,14,28H2,1-2H3,(H,31,32);5H,1-3H3/b11-10-,29-21?;. The Labute approximate surface area is 232 Å². The van der Waals surface area contributed by atoms with Gasteiger partial charge in [0.15, 0.2) is 0 Å². The number of fused-ring (bicyclic) bond motifs is 1. The van der Waals surface area contributed by atoms with E-state index in [1.165, 1.54) is 6.20 Å². The second-order valence-electron chi connectivity index (χ2n) is 9.71. The Hall–Kier alpha value is -3.52. The highest BCUT2D eigenvalue weighted by Crippen LogP contribution is 2.41. The third-order valence-electron chi connectivity index (χ3n) is 5.37. The summed E-state index contributed by atoms with van der Waals surface area (Å²) >= 11 is 7.65. The molecular weight excluding hydrogens is 518 g/mol. The van der Waals surface area contributed by atoms with Crippen LogP contribution in [0.3, 0.4) is 0 Å². The van der Waals surface area contributed by atoms with Gasteiger partial charge in [-0.25, -0.2) is 4.98 Å². The third-order valence-corrected chi connectivity index (χ3v) is 6.76. The van der Waals surface area contributed by atoms with Gasteiger partial charge in [0, 0.05) is 28.8 Å². The van der Waals surface area contributed by atoms with E-state index in [2.05, 4.69) is 4.99 Å². The molecule has 4 rings (SSSR count). The van der Waals surface area contributed by atoms with Gasteiger partial charge in [0.25, 0.3) is 0 Å². The van der Waals surface area contributed by atoms with E-state index in [1.54, 1.807) is 45.2 Å². The lowest BCUT2D eigenvalue weighted by Crippen LogP contribution is -2.10. The summed E-state index contributed by atoms with van der Waals surface area (Å²) in [5.74, 6) is -0.871. The summed E-state index contributed by atoms with van der Waals surface area (Å²) in [4.78, 5) is 20.9. The number of hydrogen-bond donors (Lipinski definition) is 3. The Morgan fingerprint density at radius 3 is 2.37 bits per heavy atom. The number of aryl methyl sites for hydroxylation is 1. The molecule has 0 spiro atoms. The summed E-state index contributed by atoms with van der Waals surface area (Å²) in [6.07, 6.45) is 3.17. The van der Waals surface area contributed by atoms with Crippen molar-refractivity contribution < 1.29 is 15.0 Å². The maximum Gasteiger partial charge on any atom is 0.307 e. The molecule has 3 aromatic carbocycles. The monoisotopic (exact) mass is 549 g/mol. The maximum absolute atomic E-state index is 11.6. The number of halogens is 1. The van der Waals surface area contributed by atoms with Crippen LogP contribution in [0.25, 0.3) is 31.9 Å². The fourth-order valence-electron chi connectivity index (χ4n) is 3.86.